The number of carbonyl (C=O) groups excluding carboxylic acids is 1. The third-order valence-electron chi connectivity index (χ3n) is 3.81. The summed E-state index contributed by atoms with van der Waals surface area (Å²) in [7, 11) is 0. The summed E-state index contributed by atoms with van der Waals surface area (Å²) < 4.78 is 5.79. The second kappa shape index (κ2) is 9.02. The van der Waals surface area contributed by atoms with Crippen molar-refractivity contribution in [2.24, 2.45) is 0 Å². The molecule has 3 aromatic carbocycles. The molecule has 1 amide bonds. The van der Waals surface area contributed by atoms with Gasteiger partial charge in [0.25, 0.3) is 5.91 Å². The van der Waals surface area contributed by atoms with Crippen molar-refractivity contribution in [1.82, 2.24) is 5.32 Å². The highest BCUT2D eigenvalue weighted by atomic mass is 16.5. The van der Waals surface area contributed by atoms with E-state index in [1.165, 1.54) is 0 Å². The van der Waals surface area contributed by atoms with Crippen molar-refractivity contribution in [3.63, 3.8) is 0 Å². The van der Waals surface area contributed by atoms with Crippen LogP contribution in [-0.4, -0.2) is 5.91 Å². The number of nitriles is 1. The number of para-hydroxylation sites is 1. The zero-order valence-corrected chi connectivity index (χ0v) is 14.6. The maximum absolute atomic E-state index is 12.3. The van der Waals surface area contributed by atoms with E-state index in [2.05, 4.69) is 5.32 Å². The van der Waals surface area contributed by atoms with Crippen molar-refractivity contribution in [2.75, 3.05) is 0 Å². The van der Waals surface area contributed by atoms with Crippen LogP contribution in [0.5, 0.6) is 11.5 Å². The van der Waals surface area contributed by atoms with Gasteiger partial charge in [-0.3, -0.25) is 4.79 Å². The van der Waals surface area contributed by atoms with E-state index < -0.39 is 5.91 Å². The second-order valence-corrected chi connectivity index (χ2v) is 5.83. The van der Waals surface area contributed by atoms with Crippen LogP contribution in [0.15, 0.2) is 90.5 Å². The number of ether oxygens (including phenoxy) is 1. The highest BCUT2D eigenvalue weighted by molar-refractivity contribution is 6.01. The Hall–Kier alpha value is -3.84. The molecule has 0 aliphatic rings. The Kier molecular flexibility index (Phi) is 6.00. The summed E-state index contributed by atoms with van der Waals surface area (Å²) in [5.74, 6) is 0.951. The SMILES string of the molecule is N#CC(=Cc1cccc(Oc2ccccc2)c1)C(=O)NCc1ccccc1. The summed E-state index contributed by atoms with van der Waals surface area (Å²) >= 11 is 0. The minimum absolute atomic E-state index is 0.0443. The molecule has 0 unspecified atom stereocenters. The molecule has 4 nitrogen and oxygen atoms in total. The maximum atomic E-state index is 12.3. The van der Waals surface area contributed by atoms with E-state index in [1.807, 2.05) is 84.9 Å². The summed E-state index contributed by atoms with van der Waals surface area (Å²) in [6.07, 6.45) is 1.55. The Bertz CT molecular complexity index is 974. The van der Waals surface area contributed by atoms with E-state index >= 15 is 0 Å². The molecule has 3 rings (SSSR count). The van der Waals surface area contributed by atoms with Gasteiger partial charge in [-0.1, -0.05) is 60.7 Å². The van der Waals surface area contributed by atoms with Crippen molar-refractivity contribution < 1.29 is 9.53 Å². The maximum Gasteiger partial charge on any atom is 0.262 e. The number of carbonyl (C=O) groups is 1. The first-order valence-corrected chi connectivity index (χ1v) is 8.51. The monoisotopic (exact) mass is 354 g/mol. The molecule has 0 saturated carbocycles. The number of amides is 1. The number of nitrogens with one attached hydrogen (secondary N) is 1. The lowest BCUT2D eigenvalue weighted by molar-refractivity contribution is -0.117. The van der Waals surface area contributed by atoms with Crippen LogP contribution in [0.25, 0.3) is 6.08 Å². The molecular weight excluding hydrogens is 336 g/mol. The number of hydrogen-bond donors (Lipinski definition) is 1. The molecular formula is C23H18N2O2. The van der Waals surface area contributed by atoms with E-state index in [-0.39, 0.29) is 5.57 Å². The Morgan fingerprint density at radius 1 is 0.926 bits per heavy atom. The molecule has 0 bridgehead atoms. The first-order chi connectivity index (χ1) is 13.2. The van der Waals surface area contributed by atoms with E-state index in [0.717, 1.165) is 16.9 Å². The summed E-state index contributed by atoms with van der Waals surface area (Å²) in [4.78, 5) is 12.3. The lowest BCUT2D eigenvalue weighted by atomic mass is 10.1. The lowest BCUT2D eigenvalue weighted by Crippen LogP contribution is -2.23. The Morgan fingerprint density at radius 2 is 1.59 bits per heavy atom. The molecule has 4 heteroatoms. The van der Waals surface area contributed by atoms with Gasteiger partial charge in [0, 0.05) is 6.54 Å². The largest absolute Gasteiger partial charge is 0.457 e. The fourth-order valence-corrected chi connectivity index (χ4v) is 2.48. The molecule has 1 N–H and O–H groups in total. The fourth-order valence-electron chi connectivity index (χ4n) is 2.48. The zero-order chi connectivity index (χ0) is 18.9. The van der Waals surface area contributed by atoms with Crippen molar-refractivity contribution >= 4 is 12.0 Å². The molecule has 0 spiro atoms. The molecule has 0 aromatic heterocycles. The van der Waals surface area contributed by atoms with Crippen LogP contribution in [0, 0.1) is 11.3 Å². The summed E-state index contributed by atoms with van der Waals surface area (Å²) in [6.45, 7) is 0.371. The van der Waals surface area contributed by atoms with Gasteiger partial charge in [0.05, 0.1) is 0 Å². The molecule has 3 aromatic rings. The molecule has 132 valence electrons. The predicted octanol–water partition coefficient (Wildman–Crippen LogP) is 4.70. The standard InChI is InChI=1S/C23H18N2O2/c24-16-20(23(26)25-17-18-8-3-1-4-9-18)14-19-10-7-13-22(15-19)27-21-11-5-2-6-12-21/h1-15H,17H2,(H,25,26). The summed E-state index contributed by atoms with van der Waals surface area (Å²) in [5, 5.41) is 12.1. The average molecular weight is 354 g/mol. The van der Waals surface area contributed by atoms with Crippen LogP contribution >= 0.6 is 0 Å². The van der Waals surface area contributed by atoms with Crippen molar-refractivity contribution in [2.45, 2.75) is 6.54 Å². The molecule has 27 heavy (non-hydrogen) atoms. The highest BCUT2D eigenvalue weighted by Gasteiger charge is 2.09. The van der Waals surface area contributed by atoms with E-state index in [1.54, 1.807) is 12.1 Å². The zero-order valence-electron chi connectivity index (χ0n) is 14.6. The van der Waals surface area contributed by atoms with Crippen LogP contribution in [0.2, 0.25) is 0 Å². The second-order valence-electron chi connectivity index (χ2n) is 5.83. The Labute approximate surface area is 158 Å². The number of hydrogen-bond acceptors (Lipinski definition) is 3. The number of benzene rings is 3. The van der Waals surface area contributed by atoms with Crippen molar-refractivity contribution in [3.05, 3.63) is 102 Å². The molecule has 0 fully saturated rings. The fraction of sp³-hybridized carbons (Fsp3) is 0.0435. The quantitative estimate of drug-likeness (QED) is 0.515. The van der Waals surface area contributed by atoms with Gasteiger partial charge in [0.15, 0.2) is 0 Å². The topological polar surface area (TPSA) is 62.1 Å². The minimum Gasteiger partial charge on any atom is -0.457 e. The smallest absolute Gasteiger partial charge is 0.262 e. The van der Waals surface area contributed by atoms with E-state index in [9.17, 15) is 10.1 Å². The van der Waals surface area contributed by atoms with Crippen LogP contribution in [0.1, 0.15) is 11.1 Å². The third kappa shape index (κ3) is 5.32. The summed E-state index contributed by atoms with van der Waals surface area (Å²) in [6, 6.07) is 28.2. The van der Waals surface area contributed by atoms with Gasteiger partial charge in [-0.05, 0) is 41.5 Å². The average Bonchev–Trinajstić information content (AvgIpc) is 2.72. The van der Waals surface area contributed by atoms with Gasteiger partial charge in [0.2, 0.25) is 0 Å². The van der Waals surface area contributed by atoms with E-state index in [4.69, 9.17) is 4.74 Å². The van der Waals surface area contributed by atoms with E-state index in [0.29, 0.717) is 12.3 Å². The molecule has 0 atom stereocenters. The van der Waals surface area contributed by atoms with Crippen LogP contribution in [-0.2, 0) is 11.3 Å². The minimum atomic E-state index is -0.407. The van der Waals surface area contributed by atoms with Crippen LogP contribution in [0.3, 0.4) is 0 Å². The number of nitrogens with zero attached hydrogens (tertiary/aromatic N) is 1. The van der Waals surface area contributed by atoms with Gasteiger partial charge in [0.1, 0.15) is 23.1 Å². The normalized spacial score (nSPS) is 10.7. The molecule has 0 aliphatic heterocycles. The Balaban J connectivity index is 1.70. The van der Waals surface area contributed by atoms with Gasteiger partial charge in [-0.15, -0.1) is 0 Å². The summed E-state index contributed by atoms with van der Waals surface area (Å²) in [5.41, 5.74) is 1.74. The first-order valence-electron chi connectivity index (χ1n) is 8.51. The van der Waals surface area contributed by atoms with Gasteiger partial charge in [-0.25, -0.2) is 0 Å². The highest BCUT2D eigenvalue weighted by Crippen LogP contribution is 2.22. The van der Waals surface area contributed by atoms with Crippen LogP contribution in [0.4, 0.5) is 0 Å². The van der Waals surface area contributed by atoms with Gasteiger partial charge in [-0.2, -0.15) is 5.26 Å². The first kappa shape index (κ1) is 18.0. The van der Waals surface area contributed by atoms with Gasteiger partial charge < -0.3 is 10.1 Å². The van der Waals surface area contributed by atoms with Crippen LogP contribution < -0.4 is 10.1 Å². The molecule has 0 radical (unpaired) electrons. The third-order valence-corrected chi connectivity index (χ3v) is 3.81. The lowest BCUT2D eigenvalue weighted by Gasteiger charge is -2.07. The predicted molar refractivity (Wildman–Crippen MR) is 105 cm³/mol. The molecule has 0 heterocycles. The molecule has 0 aliphatic carbocycles. The number of rotatable bonds is 6. The Morgan fingerprint density at radius 3 is 2.30 bits per heavy atom. The van der Waals surface area contributed by atoms with Crippen molar-refractivity contribution in [3.8, 4) is 17.6 Å². The van der Waals surface area contributed by atoms with Crippen molar-refractivity contribution in [1.29, 1.82) is 5.26 Å². The molecule has 0 saturated heterocycles. The van der Waals surface area contributed by atoms with Gasteiger partial charge >= 0.3 is 0 Å².